The topological polar surface area (TPSA) is 60.7 Å². The average Bonchev–Trinajstić information content (AvgIpc) is 3.17. The van der Waals surface area contributed by atoms with Gasteiger partial charge in [0.2, 0.25) is 0 Å². The normalized spacial score (nSPS) is 10.8. The minimum atomic E-state index is -0.0134. The Morgan fingerprint density at radius 3 is 2.50 bits per heavy atom. The molecule has 0 amide bonds. The van der Waals surface area contributed by atoms with E-state index in [1.807, 2.05) is 47.0 Å². The van der Waals surface area contributed by atoms with Crippen LogP contribution in [0.15, 0.2) is 84.3 Å². The zero-order valence-corrected chi connectivity index (χ0v) is 16.3. The highest BCUT2D eigenvalue weighted by Gasteiger charge is 2.17. The first-order chi connectivity index (χ1) is 13.7. The maximum atomic E-state index is 12.5. The number of ketones is 1. The standard InChI is InChI=1S/C21H15ClN4OS/c22-17-6-4-5-16(13-17)19(27)14-28-21-25-24-20(15-9-11-23-12-10-15)26(21)18-7-2-1-3-8-18/h1-13H,14H2. The fraction of sp³-hybridized carbons (Fsp3) is 0.0476. The fourth-order valence-corrected chi connectivity index (χ4v) is 3.77. The number of aromatic nitrogens is 4. The molecule has 2 heterocycles. The smallest absolute Gasteiger partial charge is 0.196 e. The number of benzene rings is 2. The van der Waals surface area contributed by atoms with Crippen LogP contribution < -0.4 is 0 Å². The number of carbonyl (C=O) groups is 1. The Morgan fingerprint density at radius 2 is 1.75 bits per heavy atom. The lowest BCUT2D eigenvalue weighted by Gasteiger charge is -2.10. The summed E-state index contributed by atoms with van der Waals surface area (Å²) in [5, 5.41) is 9.88. The molecule has 0 unspecified atom stereocenters. The average molecular weight is 407 g/mol. The molecule has 0 saturated heterocycles. The van der Waals surface area contributed by atoms with Gasteiger partial charge in [0.05, 0.1) is 5.75 Å². The predicted octanol–water partition coefficient (Wildman–Crippen LogP) is 4.96. The highest BCUT2D eigenvalue weighted by atomic mass is 35.5. The molecule has 28 heavy (non-hydrogen) atoms. The molecule has 2 aromatic heterocycles. The van der Waals surface area contributed by atoms with Gasteiger partial charge in [-0.05, 0) is 36.4 Å². The highest BCUT2D eigenvalue weighted by Crippen LogP contribution is 2.28. The second-order valence-corrected chi connectivity index (χ2v) is 7.31. The van der Waals surface area contributed by atoms with Crippen LogP contribution in [0.1, 0.15) is 10.4 Å². The van der Waals surface area contributed by atoms with Gasteiger partial charge in [-0.2, -0.15) is 0 Å². The second-order valence-electron chi connectivity index (χ2n) is 5.94. The van der Waals surface area contributed by atoms with E-state index in [2.05, 4.69) is 15.2 Å². The number of rotatable bonds is 6. The van der Waals surface area contributed by atoms with E-state index in [9.17, 15) is 4.79 Å². The Bertz CT molecular complexity index is 1100. The molecule has 5 nitrogen and oxygen atoms in total. The van der Waals surface area contributed by atoms with E-state index < -0.39 is 0 Å². The summed E-state index contributed by atoms with van der Waals surface area (Å²) < 4.78 is 1.95. The summed E-state index contributed by atoms with van der Waals surface area (Å²) in [7, 11) is 0. The highest BCUT2D eigenvalue weighted by molar-refractivity contribution is 7.99. The minimum absolute atomic E-state index is 0.0134. The maximum Gasteiger partial charge on any atom is 0.196 e. The van der Waals surface area contributed by atoms with E-state index >= 15 is 0 Å². The summed E-state index contributed by atoms with van der Waals surface area (Å²) in [4.78, 5) is 16.6. The molecular formula is C21H15ClN4OS. The number of hydrogen-bond acceptors (Lipinski definition) is 5. The van der Waals surface area contributed by atoms with Gasteiger partial charge in [-0.3, -0.25) is 14.3 Å². The van der Waals surface area contributed by atoms with Crippen LogP contribution in [0, 0.1) is 0 Å². The van der Waals surface area contributed by atoms with Crippen LogP contribution in [0.5, 0.6) is 0 Å². The first-order valence-corrected chi connectivity index (χ1v) is 9.91. The van der Waals surface area contributed by atoms with E-state index in [4.69, 9.17) is 11.6 Å². The van der Waals surface area contributed by atoms with Crippen molar-refractivity contribution >= 4 is 29.1 Å². The zero-order valence-electron chi connectivity index (χ0n) is 14.7. The largest absolute Gasteiger partial charge is 0.293 e. The van der Waals surface area contributed by atoms with Gasteiger partial charge < -0.3 is 0 Å². The monoisotopic (exact) mass is 406 g/mol. The summed E-state index contributed by atoms with van der Waals surface area (Å²) in [5.41, 5.74) is 2.41. The Balaban J connectivity index is 1.66. The Kier molecular flexibility index (Phi) is 5.50. The molecule has 4 rings (SSSR count). The minimum Gasteiger partial charge on any atom is -0.293 e. The summed E-state index contributed by atoms with van der Waals surface area (Å²) in [6, 6.07) is 20.6. The van der Waals surface area contributed by atoms with Crippen molar-refractivity contribution in [3.8, 4) is 17.1 Å². The van der Waals surface area contributed by atoms with Crippen molar-refractivity contribution in [1.82, 2.24) is 19.7 Å². The van der Waals surface area contributed by atoms with E-state index in [1.54, 1.807) is 36.7 Å². The number of nitrogens with zero attached hydrogens (tertiary/aromatic N) is 4. The molecular weight excluding hydrogens is 392 g/mol. The second kappa shape index (κ2) is 8.37. The Labute approximate surface area is 171 Å². The summed E-state index contributed by atoms with van der Waals surface area (Å²) in [6.07, 6.45) is 3.43. The summed E-state index contributed by atoms with van der Waals surface area (Å²) in [6.45, 7) is 0. The molecule has 0 spiro atoms. The molecule has 0 aliphatic heterocycles. The summed E-state index contributed by atoms with van der Waals surface area (Å²) in [5.74, 6) is 0.925. The molecule has 2 aromatic carbocycles. The SMILES string of the molecule is O=C(CSc1nnc(-c2ccncc2)n1-c1ccccc1)c1cccc(Cl)c1. The number of pyridine rings is 1. The number of halogens is 1. The molecule has 0 aliphatic carbocycles. The van der Waals surface area contributed by atoms with Crippen molar-refractivity contribution < 1.29 is 4.79 Å². The van der Waals surface area contributed by atoms with Gasteiger partial charge in [-0.25, -0.2) is 0 Å². The van der Waals surface area contributed by atoms with Gasteiger partial charge in [0.1, 0.15) is 0 Å². The van der Waals surface area contributed by atoms with Crippen LogP contribution >= 0.6 is 23.4 Å². The molecule has 7 heteroatoms. The fourth-order valence-electron chi connectivity index (χ4n) is 2.74. The van der Waals surface area contributed by atoms with E-state index in [-0.39, 0.29) is 11.5 Å². The molecule has 0 bridgehead atoms. The molecule has 138 valence electrons. The van der Waals surface area contributed by atoms with Crippen molar-refractivity contribution in [2.45, 2.75) is 5.16 Å². The first kappa shape index (κ1) is 18.4. The molecule has 0 atom stereocenters. The molecule has 0 N–H and O–H groups in total. The van der Waals surface area contributed by atoms with Gasteiger partial charge in [-0.15, -0.1) is 10.2 Å². The molecule has 0 aliphatic rings. The van der Waals surface area contributed by atoms with Crippen LogP contribution in [0.4, 0.5) is 0 Å². The predicted molar refractivity (Wildman–Crippen MR) is 111 cm³/mol. The van der Waals surface area contributed by atoms with Crippen LogP contribution in [-0.4, -0.2) is 31.3 Å². The van der Waals surface area contributed by atoms with Crippen LogP contribution in [0.3, 0.4) is 0 Å². The third kappa shape index (κ3) is 3.98. The van der Waals surface area contributed by atoms with Crippen LogP contribution in [0.25, 0.3) is 17.1 Å². The maximum absolute atomic E-state index is 12.5. The zero-order chi connectivity index (χ0) is 19.3. The van der Waals surface area contributed by atoms with Gasteiger partial charge in [0.25, 0.3) is 0 Å². The lowest BCUT2D eigenvalue weighted by atomic mass is 10.1. The summed E-state index contributed by atoms with van der Waals surface area (Å²) >= 11 is 7.34. The molecule has 0 fully saturated rings. The first-order valence-electron chi connectivity index (χ1n) is 8.55. The van der Waals surface area contributed by atoms with Crippen molar-refractivity contribution in [2.75, 3.05) is 5.75 Å². The van der Waals surface area contributed by atoms with Crippen LogP contribution in [0.2, 0.25) is 5.02 Å². The van der Waals surface area contributed by atoms with Gasteiger partial charge >= 0.3 is 0 Å². The number of hydrogen-bond donors (Lipinski definition) is 0. The number of thioether (sulfide) groups is 1. The number of para-hydroxylation sites is 1. The van der Waals surface area contributed by atoms with Crippen molar-refractivity contribution in [1.29, 1.82) is 0 Å². The lowest BCUT2D eigenvalue weighted by Crippen LogP contribution is -2.05. The van der Waals surface area contributed by atoms with E-state index in [1.165, 1.54) is 11.8 Å². The van der Waals surface area contributed by atoms with Gasteiger partial charge in [0, 0.05) is 34.2 Å². The Hall–Kier alpha value is -2.96. The molecule has 4 aromatic rings. The third-order valence-electron chi connectivity index (χ3n) is 4.07. The van der Waals surface area contributed by atoms with Gasteiger partial charge in [-0.1, -0.05) is 53.7 Å². The van der Waals surface area contributed by atoms with Crippen molar-refractivity contribution in [3.63, 3.8) is 0 Å². The Morgan fingerprint density at radius 1 is 0.964 bits per heavy atom. The number of carbonyl (C=O) groups excluding carboxylic acids is 1. The van der Waals surface area contributed by atoms with Gasteiger partial charge in [0.15, 0.2) is 16.8 Å². The molecule has 0 saturated carbocycles. The third-order valence-corrected chi connectivity index (χ3v) is 5.23. The lowest BCUT2D eigenvalue weighted by molar-refractivity contribution is 0.102. The quantitative estimate of drug-likeness (QED) is 0.334. The van der Waals surface area contributed by atoms with E-state index in [0.29, 0.717) is 21.6 Å². The van der Waals surface area contributed by atoms with Crippen molar-refractivity contribution in [3.05, 3.63) is 89.7 Å². The van der Waals surface area contributed by atoms with Crippen molar-refractivity contribution in [2.24, 2.45) is 0 Å². The number of Topliss-reactive ketones (excluding diaryl/α,β-unsaturated/α-hetero) is 1. The van der Waals surface area contributed by atoms with Crippen LogP contribution in [-0.2, 0) is 0 Å². The van der Waals surface area contributed by atoms with E-state index in [0.717, 1.165) is 11.3 Å². The molecule has 0 radical (unpaired) electrons.